The van der Waals surface area contributed by atoms with Crippen molar-refractivity contribution in [2.75, 3.05) is 5.32 Å². The van der Waals surface area contributed by atoms with E-state index in [-0.39, 0.29) is 0 Å². The average Bonchev–Trinajstić information content (AvgIpc) is 3.08. The summed E-state index contributed by atoms with van der Waals surface area (Å²) in [6, 6.07) is 8.16. The zero-order valence-electron chi connectivity index (χ0n) is 11.6. The summed E-state index contributed by atoms with van der Waals surface area (Å²) in [4.78, 5) is 0. The van der Waals surface area contributed by atoms with Gasteiger partial charge in [0.25, 0.3) is 0 Å². The van der Waals surface area contributed by atoms with E-state index in [1.807, 2.05) is 18.2 Å². The van der Waals surface area contributed by atoms with E-state index in [0.717, 1.165) is 40.9 Å². The van der Waals surface area contributed by atoms with Gasteiger partial charge in [0.15, 0.2) is 0 Å². The van der Waals surface area contributed by atoms with Gasteiger partial charge in [0.2, 0.25) is 5.13 Å². The molecule has 20 heavy (non-hydrogen) atoms. The normalized spacial score (nSPS) is 11.1. The first-order valence-electron chi connectivity index (χ1n) is 6.87. The molecule has 0 radical (unpaired) electrons. The summed E-state index contributed by atoms with van der Waals surface area (Å²) in [6.07, 6.45) is 1.82. The predicted molar refractivity (Wildman–Crippen MR) is 82.2 cm³/mol. The molecule has 0 aliphatic rings. The predicted octanol–water partition coefficient (Wildman–Crippen LogP) is 4.02. The highest BCUT2D eigenvalue weighted by Gasteiger charge is 2.12. The molecule has 0 atom stereocenters. The largest absolute Gasteiger partial charge is 0.461 e. The van der Waals surface area contributed by atoms with Gasteiger partial charge in [0, 0.05) is 23.9 Å². The van der Waals surface area contributed by atoms with Gasteiger partial charge in [-0.25, -0.2) is 0 Å². The minimum Gasteiger partial charge on any atom is -0.461 e. The van der Waals surface area contributed by atoms with E-state index in [1.165, 1.54) is 10.9 Å². The van der Waals surface area contributed by atoms with Crippen molar-refractivity contribution < 1.29 is 4.42 Å². The van der Waals surface area contributed by atoms with Gasteiger partial charge in [-0.15, -0.1) is 10.2 Å². The molecule has 0 spiro atoms. The third kappa shape index (κ3) is 2.41. The summed E-state index contributed by atoms with van der Waals surface area (Å²) < 4.78 is 5.89. The second-order valence-corrected chi connectivity index (χ2v) is 5.62. The van der Waals surface area contributed by atoms with E-state index >= 15 is 0 Å². The van der Waals surface area contributed by atoms with Gasteiger partial charge < -0.3 is 9.73 Å². The molecular weight excluding hydrogens is 270 g/mol. The highest BCUT2D eigenvalue weighted by Crippen LogP contribution is 2.27. The molecule has 0 saturated heterocycles. The number of rotatable bonds is 5. The lowest BCUT2D eigenvalue weighted by atomic mass is 10.1. The first-order chi connectivity index (χ1) is 9.81. The lowest BCUT2D eigenvalue weighted by Gasteiger charge is -2.02. The zero-order valence-corrected chi connectivity index (χ0v) is 12.5. The molecule has 3 rings (SSSR count). The molecule has 0 amide bonds. The molecule has 2 heterocycles. The summed E-state index contributed by atoms with van der Waals surface area (Å²) in [7, 11) is 0. The van der Waals surface area contributed by atoms with Crippen molar-refractivity contribution in [3.8, 4) is 0 Å². The number of benzene rings is 1. The van der Waals surface area contributed by atoms with Crippen LogP contribution in [0.25, 0.3) is 11.0 Å². The Balaban J connectivity index is 1.86. The lowest BCUT2D eigenvalue weighted by Crippen LogP contribution is -2.00. The number of para-hydroxylation sites is 1. The van der Waals surface area contributed by atoms with Crippen LogP contribution < -0.4 is 5.32 Å². The minimum atomic E-state index is 0.721. The molecule has 104 valence electrons. The van der Waals surface area contributed by atoms with Gasteiger partial charge in [-0.1, -0.05) is 43.4 Å². The van der Waals surface area contributed by atoms with Crippen molar-refractivity contribution in [2.24, 2.45) is 0 Å². The van der Waals surface area contributed by atoms with Gasteiger partial charge in [-0.05, 0) is 12.5 Å². The summed E-state index contributed by atoms with van der Waals surface area (Å²) in [5.74, 6) is 1.04. The molecule has 3 aromatic rings. The van der Waals surface area contributed by atoms with Crippen molar-refractivity contribution in [3.63, 3.8) is 0 Å². The molecule has 1 N–H and O–H groups in total. The van der Waals surface area contributed by atoms with Crippen LogP contribution in [0.4, 0.5) is 5.13 Å². The Morgan fingerprint density at radius 2 is 2.00 bits per heavy atom. The maximum Gasteiger partial charge on any atom is 0.205 e. The number of hydrogen-bond donors (Lipinski definition) is 1. The third-order valence-electron chi connectivity index (χ3n) is 3.29. The number of aromatic nitrogens is 2. The zero-order chi connectivity index (χ0) is 13.9. The molecule has 4 nitrogen and oxygen atoms in total. The Morgan fingerprint density at radius 1 is 1.15 bits per heavy atom. The van der Waals surface area contributed by atoms with Gasteiger partial charge in [0.05, 0.1) is 0 Å². The third-order valence-corrected chi connectivity index (χ3v) is 4.31. The molecule has 5 heteroatoms. The van der Waals surface area contributed by atoms with Crippen LogP contribution in [0.5, 0.6) is 0 Å². The van der Waals surface area contributed by atoms with Crippen LogP contribution in [-0.4, -0.2) is 10.2 Å². The van der Waals surface area contributed by atoms with Gasteiger partial charge in [0.1, 0.15) is 16.4 Å². The Morgan fingerprint density at radius 3 is 2.75 bits per heavy atom. The van der Waals surface area contributed by atoms with Gasteiger partial charge in [-0.3, -0.25) is 0 Å². The quantitative estimate of drug-likeness (QED) is 0.770. The van der Waals surface area contributed by atoms with Crippen molar-refractivity contribution in [2.45, 2.75) is 33.2 Å². The summed E-state index contributed by atoms with van der Waals surface area (Å²) in [5.41, 5.74) is 2.17. The van der Waals surface area contributed by atoms with Crippen LogP contribution in [0, 0.1) is 0 Å². The van der Waals surface area contributed by atoms with Crippen molar-refractivity contribution in [1.29, 1.82) is 0 Å². The van der Waals surface area contributed by atoms with Crippen LogP contribution in [-0.2, 0) is 19.4 Å². The molecule has 0 unspecified atom stereocenters. The number of aryl methyl sites for hydroxylation is 2. The van der Waals surface area contributed by atoms with Crippen LogP contribution in [0.3, 0.4) is 0 Å². The van der Waals surface area contributed by atoms with Crippen LogP contribution in [0.15, 0.2) is 28.7 Å². The van der Waals surface area contributed by atoms with Crippen LogP contribution >= 0.6 is 11.3 Å². The standard InChI is InChI=1S/C15H17N3OS/c1-3-12-11(10-7-5-6-8-13(10)19-12)9-16-15-18-17-14(4-2)20-15/h5-8H,3-4,9H2,1-2H3,(H,16,18). The molecule has 0 aliphatic carbocycles. The molecular formula is C15H17N3OS. The maximum absolute atomic E-state index is 5.89. The van der Waals surface area contributed by atoms with Crippen molar-refractivity contribution >= 4 is 27.4 Å². The number of furan rings is 1. The lowest BCUT2D eigenvalue weighted by molar-refractivity contribution is 0.551. The van der Waals surface area contributed by atoms with Crippen LogP contribution in [0.2, 0.25) is 0 Å². The number of fused-ring (bicyclic) bond motifs is 1. The maximum atomic E-state index is 5.89. The Kier molecular flexibility index (Phi) is 3.69. The fraction of sp³-hybridized carbons (Fsp3) is 0.333. The van der Waals surface area contributed by atoms with E-state index < -0.39 is 0 Å². The molecule has 2 aromatic heterocycles. The number of anilines is 1. The first-order valence-corrected chi connectivity index (χ1v) is 7.69. The van der Waals surface area contributed by atoms with Crippen LogP contribution in [0.1, 0.15) is 30.2 Å². The van der Waals surface area contributed by atoms with E-state index in [1.54, 1.807) is 11.3 Å². The Bertz CT molecular complexity index is 717. The molecule has 0 fully saturated rings. The summed E-state index contributed by atoms with van der Waals surface area (Å²) >= 11 is 1.61. The topological polar surface area (TPSA) is 51.0 Å². The van der Waals surface area contributed by atoms with E-state index in [0.29, 0.717) is 0 Å². The fourth-order valence-electron chi connectivity index (χ4n) is 2.26. The highest BCUT2D eigenvalue weighted by atomic mass is 32.1. The second kappa shape index (κ2) is 5.63. The van der Waals surface area contributed by atoms with E-state index in [2.05, 4.69) is 35.4 Å². The van der Waals surface area contributed by atoms with Gasteiger partial charge in [-0.2, -0.15) is 0 Å². The molecule has 0 saturated carbocycles. The minimum absolute atomic E-state index is 0.721. The Labute approximate surface area is 121 Å². The fourth-order valence-corrected chi connectivity index (χ4v) is 2.94. The monoisotopic (exact) mass is 287 g/mol. The van der Waals surface area contributed by atoms with Crippen molar-refractivity contribution in [3.05, 3.63) is 40.6 Å². The number of nitrogens with one attached hydrogen (secondary N) is 1. The SMILES string of the molecule is CCc1nnc(NCc2c(CC)oc3ccccc23)s1. The molecule has 0 aliphatic heterocycles. The summed E-state index contributed by atoms with van der Waals surface area (Å²) in [5, 5.41) is 14.7. The highest BCUT2D eigenvalue weighted by molar-refractivity contribution is 7.15. The van der Waals surface area contributed by atoms with Crippen molar-refractivity contribution in [1.82, 2.24) is 10.2 Å². The first kappa shape index (κ1) is 13.1. The van der Waals surface area contributed by atoms with E-state index in [4.69, 9.17) is 4.42 Å². The number of hydrogen-bond acceptors (Lipinski definition) is 5. The van der Waals surface area contributed by atoms with Gasteiger partial charge >= 0.3 is 0 Å². The summed E-state index contributed by atoms with van der Waals surface area (Å²) in [6.45, 7) is 4.92. The molecule has 1 aromatic carbocycles. The number of nitrogens with zero attached hydrogens (tertiary/aromatic N) is 2. The smallest absolute Gasteiger partial charge is 0.205 e. The second-order valence-electron chi connectivity index (χ2n) is 4.56. The Hall–Kier alpha value is -1.88. The average molecular weight is 287 g/mol. The van der Waals surface area contributed by atoms with E-state index in [9.17, 15) is 0 Å². The molecule has 0 bridgehead atoms.